The number of rotatable bonds is 2. The molecule has 114 valence electrons. The van der Waals surface area contributed by atoms with Crippen LogP contribution in [0.25, 0.3) is 0 Å². The van der Waals surface area contributed by atoms with Gasteiger partial charge in [0.05, 0.1) is 24.5 Å². The van der Waals surface area contributed by atoms with Gasteiger partial charge in [0.1, 0.15) is 5.69 Å². The molecule has 2 aromatic rings. The van der Waals surface area contributed by atoms with E-state index in [0.29, 0.717) is 13.1 Å². The Bertz CT molecular complexity index is 766. The second kappa shape index (κ2) is 5.36. The Morgan fingerprint density at radius 2 is 1.91 bits per heavy atom. The molecule has 0 aliphatic carbocycles. The maximum atomic E-state index is 5.80. The van der Waals surface area contributed by atoms with Gasteiger partial charge in [-0.3, -0.25) is 9.98 Å². The van der Waals surface area contributed by atoms with Crippen LogP contribution >= 0.6 is 0 Å². The molecule has 0 fully saturated rings. The van der Waals surface area contributed by atoms with Gasteiger partial charge in [-0.1, -0.05) is 0 Å². The molecule has 0 radical (unpaired) electrons. The second-order valence-corrected chi connectivity index (χ2v) is 5.67. The van der Waals surface area contributed by atoms with Crippen LogP contribution in [0.15, 0.2) is 11.2 Å². The molecule has 2 N–H and O–H groups in total. The first-order chi connectivity index (χ1) is 10.5. The van der Waals surface area contributed by atoms with Crippen LogP contribution in [0.5, 0.6) is 0 Å². The number of hydrogen-bond donors (Lipinski definition) is 1. The molecule has 0 unspecified atom stereocenters. The van der Waals surface area contributed by atoms with Crippen LogP contribution in [0.1, 0.15) is 28.1 Å². The molecule has 0 saturated heterocycles. The van der Waals surface area contributed by atoms with E-state index in [4.69, 9.17) is 5.73 Å². The van der Waals surface area contributed by atoms with Crippen molar-refractivity contribution < 1.29 is 0 Å². The van der Waals surface area contributed by atoms with Crippen molar-refractivity contribution in [1.82, 2.24) is 15.0 Å². The number of pyridine rings is 1. The fourth-order valence-electron chi connectivity index (χ4n) is 2.62. The lowest BCUT2D eigenvalue weighted by molar-refractivity contribution is 0.816. The highest BCUT2D eigenvalue weighted by molar-refractivity contribution is 5.81. The SMILES string of the molecule is Cc1cnc(CN2CC=Nc3c(C)nc(N)nc32)c(C)c1C. The van der Waals surface area contributed by atoms with Crippen molar-refractivity contribution in [3.05, 3.63) is 34.3 Å². The Morgan fingerprint density at radius 3 is 2.68 bits per heavy atom. The Morgan fingerprint density at radius 1 is 1.14 bits per heavy atom. The highest BCUT2D eigenvalue weighted by atomic mass is 15.2. The molecule has 3 heterocycles. The normalized spacial score (nSPS) is 13.4. The molecular formula is C16H20N6. The molecule has 1 aliphatic rings. The van der Waals surface area contributed by atoms with Crippen molar-refractivity contribution in [1.29, 1.82) is 0 Å². The van der Waals surface area contributed by atoms with Crippen molar-refractivity contribution in [3.63, 3.8) is 0 Å². The number of anilines is 2. The molecule has 6 heteroatoms. The molecule has 2 aromatic heterocycles. The molecule has 0 spiro atoms. The predicted molar refractivity (Wildman–Crippen MR) is 88.8 cm³/mol. The van der Waals surface area contributed by atoms with E-state index in [2.05, 4.69) is 45.6 Å². The smallest absolute Gasteiger partial charge is 0.222 e. The summed E-state index contributed by atoms with van der Waals surface area (Å²) in [4.78, 5) is 19.7. The molecular weight excluding hydrogens is 276 g/mol. The average Bonchev–Trinajstić information content (AvgIpc) is 2.48. The number of nitrogens with zero attached hydrogens (tertiary/aromatic N) is 5. The predicted octanol–water partition coefficient (Wildman–Crippen LogP) is 2.41. The van der Waals surface area contributed by atoms with E-state index < -0.39 is 0 Å². The molecule has 0 atom stereocenters. The van der Waals surface area contributed by atoms with Crippen LogP contribution < -0.4 is 10.6 Å². The highest BCUT2D eigenvalue weighted by Crippen LogP contribution is 2.33. The largest absolute Gasteiger partial charge is 0.368 e. The van der Waals surface area contributed by atoms with E-state index in [1.807, 2.05) is 19.3 Å². The summed E-state index contributed by atoms with van der Waals surface area (Å²) in [6.45, 7) is 9.60. The van der Waals surface area contributed by atoms with Gasteiger partial charge < -0.3 is 10.6 Å². The van der Waals surface area contributed by atoms with Crippen molar-refractivity contribution in [3.8, 4) is 0 Å². The Balaban J connectivity index is 1.99. The summed E-state index contributed by atoms with van der Waals surface area (Å²) in [5, 5.41) is 0. The highest BCUT2D eigenvalue weighted by Gasteiger charge is 2.21. The lowest BCUT2D eigenvalue weighted by atomic mass is 10.0. The number of nitrogen functional groups attached to an aromatic ring is 1. The van der Waals surface area contributed by atoms with Gasteiger partial charge in [-0.15, -0.1) is 0 Å². The van der Waals surface area contributed by atoms with Gasteiger partial charge in [-0.25, -0.2) is 4.98 Å². The lowest BCUT2D eigenvalue weighted by Gasteiger charge is -2.27. The number of aliphatic imine (C=N–C) groups is 1. The molecule has 6 nitrogen and oxygen atoms in total. The number of fused-ring (bicyclic) bond motifs is 1. The first-order valence-corrected chi connectivity index (χ1v) is 7.30. The third kappa shape index (κ3) is 2.41. The zero-order valence-electron chi connectivity index (χ0n) is 13.4. The average molecular weight is 296 g/mol. The number of hydrogen-bond acceptors (Lipinski definition) is 6. The van der Waals surface area contributed by atoms with Crippen molar-refractivity contribution in [2.24, 2.45) is 4.99 Å². The lowest BCUT2D eigenvalue weighted by Crippen LogP contribution is -2.29. The molecule has 0 saturated carbocycles. The summed E-state index contributed by atoms with van der Waals surface area (Å²) in [5.41, 5.74) is 12.2. The van der Waals surface area contributed by atoms with Gasteiger partial charge in [0.15, 0.2) is 5.82 Å². The zero-order chi connectivity index (χ0) is 15.9. The number of aromatic nitrogens is 3. The van der Waals surface area contributed by atoms with E-state index in [0.717, 1.165) is 22.9 Å². The first kappa shape index (κ1) is 14.4. The van der Waals surface area contributed by atoms with Crippen LogP contribution in [0.4, 0.5) is 17.5 Å². The Hall–Kier alpha value is -2.50. The molecule has 0 amide bonds. The number of nitrogens with two attached hydrogens (primary N) is 1. The van der Waals surface area contributed by atoms with Gasteiger partial charge in [-0.2, -0.15) is 4.98 Å². The monoisotopic (exact) mass is 296 g/mol. The Labute approximate surface area is 130 Å². The molecule has 0 bridgehead atoms. The summed E-state index contributed by atoms with van der Waals surface area (Å²) >= 11 is 0. The van der Waals surface area contributed by atoms with E-state index in [1.165, 1.54) is 16.7 Å². The second-order valence-electron chi connectivity index (χ2n) is 5.67. The van der Waals surface area contributed by atoms with Crippen LogP contribution in [0, 0.1) is 27.7 Å². The van der Waals surface area contributed by atoms with Gasteiger partial charge in [0.25, 0.3) is 0 Å². The van der Waals surface area contributed by atoms with Crippen LogP contribution in [0.2, 0.25) is 0 Å². The van der Waals surface area contributed by atoms with E-state index in [1.54, 1.807) is 0 Å². The van der Waals surface area contributed by atoms with Gasteiger partial charge >= 0.3 is 0 Å². The summed E-state index contributed by atoms with van der Waals surface area (Å²) in [6, 6.07) is 0. The van der Waals surface area contributed by atoms with Crippen molar-refractivity contribution >= 4 is 23.7 Å². The van der Waals surface area contributed by atoms with Gasteiger partial charge in [-0.05, 0) is 44.4 Å². The fourth-order valence-corrected chi connectivity index (χ4v) is 2.62. The van der Waals surface area contributed by atoms with Gasteiger partial charge in [0.2, 0.25) is 5.95 Å². The van der Waals surface area contributed by atoms with Crippen molar-refractivity contribution in [2.45, 2.75) is 34.2 Å². The minimum atomic E-state index is 0.281. The third-order valence-electron chi connectivity index (χ3n) is 4.22. The van der Waals surface area contributed by atoms with E-state index in [9.17, 15) is 0 Å². The third-order valence-corrected chi connectivity index (χ3v) is 4.22. The Kier molecular flexibility index (Phi) is 3.52. The summed E-state index contributed by atoms with van der Waals surface area (Å²) < 4.78 is 0. The van der Waals surface area contributed by atoms with E-state index in [-0.39, 0.29) is 5.95 Å². The van der Waals surface area contributed by atoms with E-state index >= 15 is 0 Å². The number of aryl methyl sites for hydroxylation is 2. The molecule has 1 aliphatic heterocycles. The summed E-state index contributed by atoms with van der Waals surface area (Å²) in [7, 11) is 0. The molecule has 0 aromatic carbocycles. The van der Waals surface area contributed by atoms with Crippen LogP contribution in [-0.4, -0.2) is 27.7 Å². The topological polar surface area (TPSA) is 80.3 Å². The summed E-state index contributed by atoms with van der Waals surface area (Å²) in [6.07, 6.45) is 3.81. The molecule has 3 rings (SSSR count). The van der Waals surface area contributed by atoms with Crippen molar-refractivity contribution in [2.75, 3.05) is 17.2 Å². The van der Waals surface area contributed by atoms with Gasteiger partial charge in [0, 0.05) is 12.4 Å². The standard InChI is InChI=1S/C16H20N6/c1-9-7-19-13(11(3)10(9)2)8-22-6-5-18-14-12(4)20-16(17)21-15(14)22/h5,7H,6,8H2,1-4H3,(H2,17,20,21). The first-order valence-electron chi connectivity index (χ1n) is 7.30. The minimum Gasteiger partial charge on any atom is -0.368 e. The van der Waals surface area contributed by atoms with Crippen LogP contribution in [-0.2, 0) is 6.54 Å². The summed E-state index contributed by atoms with van der Waals surface area (Å²) in [5.74, 6) is 1.06. The molecule has 22 heavy (non-hydrogen) atoms. The fraction of sp³-hybridized carbons (Fsp3) is 0.375. The minimum absolute atomic E-state index is 0.281. The maximum absolute atomic E-state index is 5.80. The zero-order valence-corrected chi connectivity index (χ0v) is 13.4. The maximum Gasteiger partial charge on any atom is 0.222 e. The van der Waals surface area contributed by atoms with Crippen LogP contribution in [0.3, 0.4) is 0 Å². The quantitative estimate of drug-likeness (QED) is 0.920.